The summed E-state index contributed by atoms with van der Waals surface area (Å²) in [5.74, 6) is 0.102. The Hall–Kier alpha value is -1.12. The first-order valence-corrected chi connectivity index (χ1v) is 3.00. The van der Waals surface area contributed by atoms with Crippen molar-refractivity contribution in [3.8, 4) is 0 Å². The molecule has 1 aromatic heterocycles. The highest BCUT2D eigenvalue weighted by Gasteiger charge is 2.00. The summed E-state index contributed by atoms with van der Waals surface area (Å²) >= 11 is 0. The van der Waals surface area contributed by atoms with Crippen LogP contribution in [0.3, 0.4) is 0 Å². The zero-order valence-corrected chi connectivity index (χ0v) is 5.98. The van der Waals surface area contributed by atoms with Crippen LogP contribution in [0.2, 0.25) is 0 Å². The first-order chi connectivity index (χ1) is 4.61. The van der Waals surface area contributed by atoms with Crippen LogP contribution >= 0.6 is 0 Å². The fourth-order valence-corrected chi connectivity index (χ4v) is 0.691. The Balaban J connectivity index is 3.28. The zero-order valence-electron chi connectivity index (χ0n) is 5.98. The van der Waals surface area contributed by atoms with Gasteiger partial charge in [-0.3, -0.25) is 0 Å². The fourth-order valence-electron chi connectivity index (χ4n) is 0.691. The Labute approximate surface area is 58.9 Å². The standard InChI is InChI=1S/C7H9FN2/c1-4-3-6(8)5(2)10-7(4)9/h3H,1-2H3,(H2,9,10). The highest BCUT2D eigenvalue weighted by Crippen LogP contribution is 2.11. The van der Waals surface area contributed by atoms with E-state index in [-0.39, 0.29) is 5.82 Å². The molecule has 0 atom stereocenters. The summed E-state index contributed by atoms with van der Waals surface area (Å²) in [6.45, 7) is 3.32. The smallest absolute Gasteiger partial charge is 0.144 e. The molecule has 0 aromatic carbocycles. The second-order valence-corrected chi connectivity index (χ2v) is 2.26. The van der Waals surface area contributed by atoms with Gasteiger partial charge in [0, 0.05) is 0 Å². The number of rotatable bonds is 0. The lowest BCUT2D eigenvalue weighted by atomic mass is 10.2. The van der Waals surface area contributed by atoms with Crippen molar-refractivity contribution >= 4 is 5.82 Å². The summed E-state index contributed by atoms with van der Waals surface area (Å²) in [5, 5.41) is 0. The van der Waals surface area contributed by atoms with Crippen molar-refractivity contribution in [2.75, 3.05) is 5.73 Å². The van der Waals surface area contributed by atoms with Crippen molar-refractivity contribution < 1.29 is 4.39 Å². The second-order valence-electron chi connectivity index (χ2n) is 2.26. The first-order valence-electron chi connectivity index (χ1n) is 3.00. The van der Waals surface area contributed by atoms with E-state index in [1.807, 2.05) is 0 Å². The minimum absolute atomic E-state index is 0.299. The molecule has 2 nitrogen and oxygen atoms in total. The third-order valence-corrected chi connectivity index (χ3v) is 1.38. The SMILES string of the molecule is Cc1cc(F)c(C)nc1N. The molecule has 0 spiro atoms. The Morgan fingerprint density at radius 3 is 2.60 bits per heavy atom. The van der Waals surface area contributed by atoms with E-state index in [9.17, 15) is 4.39 Å². The van der Waals surface area contributed by atoms with Gasteiger partial charge in [-0.05, 0) is 25.5 Å². The van der Waals surface area contributed by atoms with E-state index in [4.69, 9.17) is 5.73 Å². The number of hydrogen-bond donors (Lipinski definition) is 1. The van der Waals surface area contributed by atoms with Gasteiger partial charge in [0.25, 0.3) is 0 Å². The van der Waals surface area contributed by atoms with Crippen LogP contribution in [0.15, 0.2) is 6.07 Å². The number of aryl methyl sites for hydroxylation is 2. The quantitative estimate of drug-likeness (QED) is 0.591. The average Bonchev–Trinajstić information content (AvgIpc) is 1.84. The molecule has 1 aromatic rings. The fraction of sp³-hybridized carbons (Fsp3) is 0.286. The third kappa shape index (κ3) is 1.07. The number of nitrogens with two attached hydrogens (primary N) is 1. The Morgan fingerprint density at radius 1 is 1.50 bits per heavy atom. The van der Waals surface area contributed by atoms with Crippen LogP contribution in [-0.2, 0) is 0 Å². The lowest BCUT2D eigenvalue weighted by Gasteiger charge is -2.00. The number of anilines is 1. The highest BCUT2D eigenvalue weighted by molar-refractivity contribution is 5.39. The number of nitrogen functional groups attached to an aromatic ring is 1. The van der Waals surface area contributed by atoms with Crippen molar-refractivity contribution in [2.24, 2.45) is 0 Å². The van der Waals surface area contributed by atoms with E-state index in [0.717, 1.165) is 0 Å². The maximum atomic E-state index is 12.6. The van der Waals surface area contributed by atoms with Crippen LogP contribution in [0.25, 0.3) is 0 Å². The molecule has 0 aliphatic heterocycles. The molecule has 0 aliphatic carbocycles. The molecule has 0 bridgehead atoms. The molecule has 0 radical (unpaired) electrons. The molecule has 10 heavy (non-hydrogen) atoms. The van der Waals surface area contributed by atoms with Gasteiger partial charge in [-0.25, -0.2) is 9.37 Å². The van der Waals surface area contributed by atoms with E-state index >= 15 is 0 Å². The molecular formula is C7H9FN2. The third-order valence-electron chi connectivity index (χ3n) is 1.38. The predicted octanol–water partition coefficient (Wildman–Crippen LogP) is 1.42. The topological polar surface area (TPSA) is 38.9 Å². The predicted molar refractivity (Wildman–Crippen MR) is 38.1 cm³/mol. The van der Waals surface area contributed by atoms with Gasteiger partial charge >= 0.3 is 0 Å². The summed E-state index contributed by atoms with van der Waals surface area (Å²) in [7, 11) is 0. The lowest BCUT2D eigenvalue weighted by Crippen LogP contribution is -1.98. The molecule has 0 amide bonds. The minimum Gasteiger partial charge on any atom is -0.383 e. The minimum atomic E-state index is -0.299. The second kappa shape index (κ2) is 2.25. The summed E-state index contributed by atoms with van der Waals surface area (Å²) < 4.78 is 12.6. The van der Waals surface area contributed by atoms with E-state index in [1.54, 1.807) is 13.8 Å². The van der Waals surface area contributed by atoms with Crippen LogP contribution in [0.5, 0.6) is 0 Å². The van der Waals surface area contributed by atoms with Gasteiger partial charge in [0.05, 0.1) is 5.69 Å². The van der Waals surface area contributed by atoms with Crippen LogP contribution in [0, 0.1) is 19.7 Å². The number of halogens is 1. The van der Waals surface area contributed by atoms with Crippen molar-refractivity contribution in [1.82, 2.24) is 4.98 Å². The molecule has 0 saturated carbocycles. The molecule has 0 saturated heterocycles. The van der Waals surface area contributed by atoms with Gasteiger partial charge in [0.1, 0.15) is 11.6 Å². The van der Waals surface area contributed by atoms with Crippen molar-refractivity contribution in [2.45, 2.75) is 13.8 Å². The number of nitrogens with zero attached hydrogens (tertiary/aromatic N) is 1. The van der Waals surface area contributed by atoms with E-state index in [1.165, 1.54) is 6.07 Å². The summed E-state index contributed by atoms with van der Waals surface area (Å²) in [4.78, 5) is 3.78. The maximum absolute atomic E-state index is 12.6. The molecular weight excluding hydrogens is 131 g/mol. The molecule has 0 aliphatic rings. The summed E-state index contributed by atoms with van der Waals surface area (Å²) in [5.41, 5.74) is 6.45. The first kappa shape index (κ1) is 6.99. The highest BCUT2D eigenvalue weighted by atomic mass is 19.1. The molecule has 1 rings (SSSR count). The van der Waals surface area contributed by atoms with E-state index < -0.39 is 0 Å². The van der Waals surface area contributed by atoms with Gasteiger partial charge < -0.3 is 5.73 Å². The lowest BCUT2D eigenvalue weighted by molar-refractivity contribution is 0.609. The molecule has 54 valence electrons. The van der Waals surface area contributed by atoms with E-state index in [2.05, 4.69) is 4.98 Å². The van der Waals surface area contributed by atoms with Crippen molar-refractivity contribution in [1.29, 1.82) is 0 Å². The molecule has 3 heteroatoms. The number of hydrogen-bond acceptors (Lipinski definition) is 2. The Kier molecular flexibility index (Phi) is 1.57. The molecule has 1 heterocycles. The maximum Gasteiger partial charge on any atom is 0.144 e. The van der Waals surface area contributed by atoms with Crippen LogP contribution in [0.4, 0.5) is 10.2 Å². The van der Waals surface area contributed by atoms with Gasteiger partial charge in [0.15, 0.2) is 0 Å². The average molecular weight is 140 g/mol. The van der Waals surface area contributed by atoms with Gasteiger partial charge in [0.2, 0.25) is 0 Å². The molecule has 2 N–H and O–H groups in total. The zero-order chi connectivity index (χ0) is 7.72. The van der Waals surface area contributed by atoms with Crippen molar-refractivity contribution in [3.63, 3.8) is 0 Å². The number of aromatic nitrogens is 1. The van der Waals surface area contributed by atoms with Gasteiger partial charge in [-0.1, -0.05) is 0 Å². The Bertz CT molecular complexity index is 208. The van der Waals surface area contributed by atoms with Gasteiger partial charge in [-0.15, -0.1) is 0 Å². The largest absolute Gasteiger partial charge is 0.383 e. The van der Waals surface area contributed by atoms with Crippen molar-refractivity contribution in [3.05, 3.63) is 23.1 Å². The Morgan fingerprint density at radius 2 is 2.10 bits per heavy atom. The monoisotopic (exact) mass is 140 g/mol. The summed E-state index contributed by atoms with van der Waals surface area (Å²) in [6.07, 6.45) is 0. The molecule has 0 unspecified atom stereocenters. The van der Waals surface area contributed by atoms with Crippen LogP contribution in [0.1, 0.15) is 11.3 Å². The van der Waals surface area contributed by atoms with E-state index in [0.29, 0.717) is 17.1 Å². The van der Waals surface area contributed by atoms with Crippen LogP contribution in [-0.4, -0.2) is 4.98 Å². The van der Waals surface area contributed by atoms with Gasteiger partial charge in [-0.2, -0.15) is 0 Å². The number of pyridine rings is 1. The summed E-state index contributed by atoms with van der Waals surface area (Å²) in [6, 6.07) is 1.39. The molecule has 0 fully saturated rings. The van der Waals surface area contributed by atoms with Crippen LogP contribution < -0.4 is 5.73 Å². The normalized spacial score (nSPS) is 9.90.